The molecule has 0 saturated carbocycles. The molecule has 0 aromatic heterocycles. The molecule has 0 saturated heterocycles. The van der Waals surface area contributed by atoms with E-state index in [9.17, 15) is 19.2 Å². The zero-order valence-corrected chi connectivity index (χ0v) is 14.7. The summed E-state index contributed by atoms with van der Waals surface area (Å²) in [5, 5.41) is 0. The van der Waals surface area contributed by atoms with E-state index in [1.54, 1.807) is 19.9 Å². The summed E-state index contributed by atoms with van der Waals surface area (Å²) >= 11 is 0. The summed E-state index contributed by atoms with van der Waals surface area (Å²) in [7, 11) is 1.36. The minimum atomic E-state index is -0.490. The van der Waals surface area contributed by atoms with Crippen molar-refractivity contribution < 1.29 is 19.2 Å². The number of hydrogen-bond acceptors (Lipinski definition) is 4. The first kappa shape index (κ1) is 18.6. The fraction of sp³-hybridized carbons (Fsp3) is 0.368. The third-order valence-corrected chi connectivity index (χ3v) is 4.41. The number of amides is 4. The largest absolute Gasteiger partial charge is 0.284 e. The molecule has 0 radical (unpaired) electrons. The van der Waals surface area contributed by atoms with Crippen LogP contribution < -0.4 is 0 Å². The Morgan fingerprint density at radius 2 is 1.60 bits per heavy atom. The number of rotatable bonds is 5. The second kappa shape index (κ2) is 7.88. The van der Waals surface area contributed by atoms with E-state index in [2.05, 4.69) is 0 Å². The van der Waals surface area contributed by atoms with E-state index in [1.807, 2.05) is 6.08 Å². The van der Waals surface area contributed by atoms with Crippen LogP contribution in [0.2, 0.25) is 0 Å². The summed E-state index contributed by atoms with van der Waals surface area (Å²) in [5.74, 6) is -0.945. The molecular weight excluding hydrogens is 320 g/mol. The van der Waals surface area contributed by atoms with Crippen molar-refractivity contribution in [3.8, 4) is 0 Å². The van der Waals surface area contributed by atoms with Gasteiger partial charge in [0.1, 0.15) is 0 Å². The lowest BCUT2D eigenvalue weighted by molar-refractivity contribution is -0.115. The van der Waals surface area contributed by atoms with Crippen LogP contribution in [0.3, 0.4) is 0 Å². The number of nitrogens with zero attached hydrogens (tertiary/aromatic N) is 2. The molecule has 1 aliphatic carbocycles. The monoisotopic (exact) mass is 342 g/mol. The van der Waals surface area contributed by atoms with Crippen LogP contribution in [0.25, 0.3) is 0 Å². The van der Waals surface area contributed by atoms with E-state index < -0.39 is 11.8 Å². The first-order chi connectivity index (χ1) is 11.9. The molecule has 25 heavy (non-hydrogen) atoms. The Morgan fingerprint density at radius 1 is 0.960 bits per heavy atom. The molecule has 0 heterocycles. The zero-order chi connectivity index (χ0) is 18.6. The van der Waals surface area contributed by atoms with Gasteiger partial charge in [0.15, 0.2) is 0 Å². The highest BCUT2D eigenvalue weighted by atomic mass is 16.2. The fourth-order valence-electron chi connectivity index (χ4n) is 2.97. The first-order valence-corrected chi connectivity index (χ1v) is 8.22. The fourth-order valence-corrected chi connectivity index (χ4v) is 2.97. The van der Waals surface area contributed by atoms with Crippen LogP contribution in [0, 0.1) is 13.8 Å². The van der Waals surface area contributed by atoms with E-state index in [0.717, 1.165) is 29.1 Å². The Morgan fingerprint density at radius 3 is 2.12 bits per heavy atom. The maximum Gasteiger partial charge on any atom is 0.264 e. The zero-order valence-electron chi connectivity index (χ0n) is 14.7. The highest BCUT2D eigenvalue weighted by Crippen LogP contribution is 2.24. The van der Waals surface area contributed by atoms with Gasteiger partial charge < -0.3 is 0 Å². The quantitative estimate of drug-likeness (QED) is 0.771. The van der Waals surface area contributed by atoms with E-state index in [-0.39, 0.29) is 11.1 Å². The smallest absolute Gasteiger partial charge is 0.264 e. The van der Waals surface area contributed by atoms with Crippen LogP contribution in [0.15, 0.2) is 23.9 Å². The van der Waals surface area contributed by atoms with E-state index in [4.69, 9.17) is 0 Å². The number of carbonyl (C=O) groups is 4. The molecular formula is C19H22N2O4. The molecule has 1 aromatic rings. The average Bonchev–Trinajstić information content (AvgIpc) is 2.62. The first-order valence-electron chi connectivity index (χ1n) is 8.22. The molecule has 2 rings (SSSR count). The van der Waals surface area contributed by atoms with Crippen molar-refractivity contribution in [1.29, 1.82) is 0 Å². The lowest BCUT2D eigenvalue weighted by Crippen LogP contribution is -2.31. The van der Waals surface area contributed by atoms with Crippen molar-refractivity contribution in [1.82, 2.24) is 9.80 Å². The Kier molecular flexibility index (Phi) is 5.85. The van der Waals surface area contributed by atoms with Gasteiger partial charge in [-0.15, -0.1) is 0 Å². The lowest BCUT2D eigenvalue weighted by atomic mass is 9.97. The van der Waals surface area contributed by atoms with Crippen molar-refractivity contribution in [2.45, 2.75) is 39.5 Å². The van der Waals surface area contributed by atoms with Crippen LogP contribution in [-0.4, -0.2) is 41.5 Å². The number of imide groups is 2. The SMILES string of the molecule is Cc1cc(C)c(C(=O)N(C=O)C2=CCCCC2)cc1C(=O)N(C)C=O. The number of aryl methyl sites for hydroxylation is 2. The maximum absolute atomic E-state index is 12.9. The Labute approximate surface area is 147 Å². The molecule has 6 heteroatoms. The van der Waals surface area contributed by atoms with Gasteiger partial charge in [-0.3, -0.25) is 29.0 Å². The third kappa shape index (κ3) is 3.84. The Bertz CT molecular complexity index is 752. The summed E-state index contributed by atoms with van der Waals surface area (Å²) in [6.07, 6.45) is 6.36. The van der Waals surface area contributed by atoms with Gasteiger partial charge in [-0.05, 0) is 56.7 Å². The van der Waals surface area contributed by atoms with E-state index in [1.165, 1.54) is 13.1 Å². The van der Waals surface area contributed by atoms with Crippen LogP contribution in [0.4, 0.5) is 0 Å². The minimum absolute atomic E-state index is 0.270. The molecule has 132 valence electrons. The summed E-state index contributed by atoms with van der Waals surface area (Å²) in [4.78, 5) is 49.6. The van der Waals surface area contributed by atoms with Crippen molar-refractivity contribution in [2.75, 3.05) is 7.05 Å². The molecule has 4 amide bonds. The van der Waals surface area contributed by atoms with Gasteiger partial charge in [0.2, 0.25) is 12.8 Å². The average molecular weight is 342 g/mol. The van der Waals surface area contributed by atoms with Crippen molar-refractivity contribution in [3.63, 3.8) is 0 Å². The number of benzene rings is 1. The molecule has 0 atom stereocenters. The summed E-state index contributed by atoms with van der Waals surface area (Å²) < 4.78 is 0. The number of carbonyl (C=O) groups excluding carboxylic acids is 4. The van der Waals surface area contributed by atoms with Crippen LogP contribution in [0.1, 0.15) is 57.5 Å². The van der Waals surface area contributed by atoms with E-state index >= 15 is 0 Å². The predicted octanol–water partition coefficient (Wildman–Crippen LogP) is 2.59. The lowest BCUT2D eigenvalue weighted by Gasteiger charge is -2.23. The Balaban J connectivity index is 2.45. The standard InChI is InChI=1S/C19H22N2O4/c1-13-9-14(2)17(10-16(13)18(24)20(3)11-22)19(25)21(12-23)15-7-5-4-6-8-15/h7,9-12H,4-6,8H2,1-3H3. The van der Waals surface area contributed by atoms with Gasteiger partial charge in [0.05, 0.1) is 0 Å². The number of hydrogen-bond donors (Lipinski definition) is 0. The van der Waals surface area contributed by atoms with E-state index in [0.29, 0.717) is 36.1 Å². The summed E-state index contributed by atoms with van der Waals surface area (Å²) in [6, 6.07) is 3.19. The number of allylic oxidation sites excluding steroid dienone is 2. The highest BCUT2D eigenvalue weighted by molar-refractivity contribution is 6.06. The molecule has 0 unspecified atom stereocenters. The van der Waals surface area contributed by atoms with Crippen molar-refractivity contribution in [3.05, 3.63) is 46.2 Å². The highest BCUT2D eigenvalue weighted by Gasteiger charge is 2.24. The van der Waals surface area contributed by atoms with Gasteiger partial charge in [-0.2, -0.15) is 0 Å². The van der Waals surface area contributed by atoms with Crippen LogP contribution in [-0.2, 0) is 9.59 Å². The molecule has 0 aliphatic heterocycles. The normalized spacial score (nSPS) is 13.6. The van der Waals surface area contributed by atoms with Gasteiger partial charge in [0, 0.05) is 23.9 Å². The topological polar surface area (TPSA) is 74.8 Å². The maximum atomic E-state index is 12.9. The second-order valence-electron chi connectivity index (χ2n) is 6.23. The summed E-state index contributed by atoms with van der Waals surface area (Å²) in [5.41, 5.74) is 2.60. The van der Waals surface area contributed by atoms with Gasteiger partial charge in [-0.1, -0.05) is 12.1 Å². The van der Waals surface area contributed by atoms with Crippen LogP contribution in [0.5, 0.6) is 0 Å². The van der Waals surface area contributed by atoms with Crippen LogP contribution >= 0.6 is 0 Å². The molecule has 0 N–H and O–H groups in total. The predicted molar refractivity (Wildman–Crippen MR) is 92.9 cm³/mol. The van der Waals surface area contributed by atoms with Crippen molar-refractivity contribution in [2.24, 2.45) is 0 Å². The molecule has 0 fully saturated rings. The molecule has 1 aromatic carbocycles. The molecule has 1 aliphatic rings. The molecule has 6 nitrogen and oxygen atoms in total. The molecule has 0 spiro atoms. The summed E-state index contributed by atoms with van der Waals surface area (Å²) in [6.45, 7) is 3.50. The minimum Gasteiger partial charge on any atom is -0.284 e. The van der Waals surface area contributed by atoms with Gasteiger partial charge >= 0.3 is 0 Å². The second-order valence-corrected chi connectivity index (χ2v) is 6.23. The van der Waals surface area contributed by atoms with Crippen molar-refractivity contribution >= 4 is 24.6 Å². The molecule has 0 bridgehead atoms. The third-order valence-electron chi connectivity index (χ3n) is 4.41. The van der Waals surface area contributed by atoms with Gasteiger partial charge in [0.25, 0.3) is 11.8 Å². The Hall–Kier alpha value is -2.76. The van der Waals surface area contributed by atoms with Gasteiger partial charge in [-0.25, -0.2) is 0 Å².